The first-order chi connectivity index (χ1) is 16.9. The lowest BCUT2D eigenvalue weighted by atomic mass is 9.94. The van der Waals surface area contributed by atoms with Crippen LogP contribution in [0.5, 0.6) is 5.75 Å². The minimum Gasteiger partial charge on any atom is -0.507 e. The normalized spacial score (nSPS) is 13.9. The van der Waals surface area contributed by atoms with E-state index in [1.165, 1.54) is 4.90 Å². The third kappa shape index (κ3) is 9.36. The number of aryl methyl sites for hydroxylation is 1. The Morgan fingerprint density at radius 2 is 1.75 bits per heavy atom. The second kappa shape index (κ2) is 14.7. The van der Waals surface area contributed by atoms with E-state index < -0.39 is 23.8 Å². The first-order valence-electron chi connectivity index (χ1n) is 13.2. The summed E-state index contributed by atoms with van der Waals surface area (Å²) in [5, 5.41) is 16.6. The maximum absolute atomic E-state index is 14.0. The molecule has 0 radical (unpaired) electrons. The molecule has 0 aliphatic carbocycles. The number of phenolic OH excluding ortho intramolecular Hbond substituents is 1. The van der Waals surface area contributed by atoms with Crippen LogP contribution in [0.4, 0.5) is 4.79 Å². The van der Waals surface area contributed by atoms with E-state index in [1.807, 2.05) is 20.8 Å². The summed E-state index contributed by atoms with van der Waals surface area (Å²) in [7, 11) is 0. The number of nitrogens with one attached hydrogen (secondary N) is 2. The molecule has 0 aromatic heterocycles. The highest BCUT2D eigenvalue weighted by Gasteiger charge is 2.38. The highest BCUT2D eigenvalue weighted by Crippen LogP contribution is 2.33. The number of nitrogens with zero attached hydrogens (tertiary/aromatic N) is 1. The molecule has 1 aromatic carbocycles. The van der Waals surface area contributed by atoms with Gasteiger partial charge >= 0.3 is 6.09 Å². The summed E-state index contributed by atoms with van der Waals surface area (Å²) in [4.78, 5) is 41.7. The summed E-state index contributed by atoms with van der Waals surface area (Å²) in [6, 6.07) is 3.27. The second-order valence-corrected chi connectivity index (χ2v) is 10.5. The van der Waals surface area contributed by atoms with Crippen LogP contribution in [0.3, 0.4) is 0 Å². The van der Waals surface area contributed by atoms with Crippen LogP contribution in [0.15, 0.2) is 18.2 Å². The van der Waals surface area contributed by atoms with Gasteiger partial charge in [0.15, 0.2) is 0 Å². The van der Waals surface area contributed by atoms with Gasteiger partial charge in [0.05, 0.1) is 0 Å². The van der Waals surface area contributed by atoms with E-state index in [0.717, 1.165) is 19.3 Å². The van der Waals surface area contributed by atoms with Gasteiger partial charge in [0, 0.05) is 18.7 Å². The quantitative estimate of drug-likeness (QED) is 0.318. The molecule has 1 rings (SSSR count). The molecule has 8 heteroatoms. The smallest absolute Gasteiger partial charge is 0.408 e. The first kappa shape index (κ1) is 31.3. The SMILES string of the molecule is CCCCCNC(=O)C(c1cccc(C)c1O)N(CCC)C(=O)C(NC(=O)OC(C)(C)C)C(C)CC. The Labute approximate surface area is 217 Å². The molecule has 3 amide bonds. The molecule has 3 N–H and O–H groups in total. The zero-order valence-corrected chi connectivity index (χ0v) is 23.4. The number of para-hydroxylation sites is 1. The Hall–Kier alpha value is -2.77. The zero-order chi connectivity index (χ0) is 27.5. The fourth-order valence-electron chi connectivity index (χ4n) is 3.94. The van der Waals surface area contributed by atoms with Gasteiger partial charge in [0.1, 0.15) is 23.4 Å². The molecular formula is C28H47N3O5. The van der Waals surface area contributed by atoms with Crippen molar-refractivity contribution in [2.24, 2.45) is 5.92 Å². The molecule has 0 aliphatic heterocycles. The van der Waals surface area contributed by atoms with Crippen LogP contribution >= 0.6 is 0 Å². The van der Waals surface area contributed by atoms with Crippen LogP contribution in [-0.4, -0.2) is 52.6 Å². The van der Waals surface area contributed by atoms with E-state index in [2.05, 4.69) is 17.6 Å². The van der Waals surface area contributed by atoms with Crippen LogP contribution in [-0.2, 0) is 14.3 Å². The lowest BCUT2D eigenvalue weighted by molar-refractivity contribution is -0.143. The molecule has 0 saturated heterocycles. The number of ether oxygens (including phenoxy) is 1. The number of amides is 3. The fraction of sp³-hybridized carbons (Fsp3) is 0.679. The molecule has 0 heterocycles. The molecular weight excluding hydrogens is 458 g/mol. The molecule has 0 spiro atoms. The standard InChI is InChI=1S/C28H47N3O5/c1-9-12-13-17-29-25(33)23(21-16-14-15-20(5)24(21)32)31(18-10-2)26(34)22(19(4)11-3)30-27(35)36-28(6,7)8/h14-16,19,22-23,32H,9-13,17-18H2,1-8H3,(H,29,33)(H,30,35). The lowest BCUT2D eigenvalue weighted by Crippen LogP contribution is -2.55. The zero-order valence-electron chi connectivity index (χ0n) is 23.4. The fourth-order valence-corrected chi connectivity index (χ4v) is 3.94. The number of carbonyl (C=O) groups is 3. The monoisotopic (exact) mass is 505 g/mol. The highest BCUT2D eigenvalue weighted by atomic mass is 16.6. The Kier molecular flexibility index (Phi) is 12.8. The van der Waals surface area contributed by atoms with Gasteiger partial charge in [-0.25, -0.2) is 4.79 Å². The largest absolute Gasteiger partial charge is 0.507 e. The number of aromatic hydroxyl groups is 1. The van der Waals surface area contributed by atoms with E-state index in [9.17, 15) is 19.5 Å². The lowest BCUT2D eigenvalue weighted by Gasteiger charge is -2.36. The molecule has 0 aliphatic rings. The van der Waals surface area contributed by atoms with Crippen molar-refractivity contribution in [3.05, 3.63) is 29.3 Å². The van der Waals surface area contributed by atoms with Crippen LogP contribution < -0.4 is 10.6 Å². The van der Waals surface area contributed by atoms with Crippen molar-refractivity contribution in [3.63, 3.8) is 0 Å². The topological polar surface area (TPSA) is 108 Å². The van der Waals surface area contributed by atoms with Gasteiger partial charge in [-0.2, -0.15) is 0 Å². The predicted octanol–water partition coefficient (Wildman–Crippen LogP) is 5.23. The average molecular weight is 506 g/mol. The molecule has 0 fully saturated rings. The summed E-state index contributed by atoms with van der Waals surface area (Å²) in [6.07, 6.45) is 3.37. The molecule has 0 saturated carbocycles. The number of rotatable bonds is 13. The van der Waals surface area contributed by atoms with Crippen molar-refractivity contribution < 1.29 is 24.2 Å². The van der Waals surface area contributed by atoms with Crippen molar-refractivity contribution in [1.29, 1.82) is 0 Å². The molecule has 204 valence electrons. The van der Waals surface area contributed by atoms with E-state index >= 15 is 0 Å². The highest BCUT2D eigenvalue weighted by molar-refractivity contribution is 5.92. The number of phenols is 1. The Morgan fingerprint density at radius 1 is 1.08 bits per heavy atom. The van der Waals surface area contributed by atoms with E-state index in [1.54, 1.807) is 45.9 Å². The third-order valence-electron chi connectivity index (χ3n) is 6.10. The van der Waals surface area contributed by atoms with E-state index in [4.69, 9.17) is 4.74 Å². The Morgan fingerprint density at radius 3 is 2.31 bits per heavy atom. The number of benzene rings is 1. The van der Waals surface area contributed by atoms with Crippen molar-refractivity contribution in [2.45, 2.75) is 105 Å². The van der Waals surface area contributed by atoms with Crippen LogP contribution in [0, 0.1) is 12.8 Å². The van der Waals surface area contributed by atoms with E-state index in [-0.39, 0.29) is 30.0 Å². The van der Waals surface area contributed by atoms with Crippen molar-refractivity contribution >= 4 is 17.9 Å². The van der Waals surface area contributed by atoms with Gasteiger partial charge in [0.25, 0.3) is 0 Å². The summed E-state index contributed by atoms with van der Waals surface area (Å²) in [5.74, 6) is -0.954. The Bertz CT molecular complexity index is 865. The van der Waals surface area contributed by atoms with Gasteiger partial charge in [-0.1, -0.05) is 65.2 Å². The minimum absolute atomic E-state index is 0.0136. The molecule has 36 heavy (non-hydrogen) atoms. The molecule has 1 aromatic rings. The van der Waals surface area contributed by atoms with Crippen molar-refractivity contribution in [1.82, 2.24) is 15.5 Å². The molecule has 0 bridgehead atoms. The summed E-state index contributed by atoms with van der Waals surface area (Å²) >= 11 is 0. The number of hydrogen-bond acceptors (Lipinski definition) is 5. The van der Waals surface area contributed by atoms with Crippen molar-refractivity contribution in [2.75, 3.05) is 13.1 Å². The molecule has 3 atom stereocenters. The van der Waals surface area contributed by atoms with Gasteiger partial charge in [-0.3, -0.25) is 9.59 Å². The predicted molar refractivity (Wildman–Crippen MR) is 143 cm³/mol. The maximum Gasteiger partial charge on any atom is 0.408 e. The van der Waals surface area contributed by atoms with Crippen LogP contribution in [0.2, 0.25) is 0 Å². The summed E-state index contributed by atoms with van der Waals surface area (Å²) in [5.41, 5.74) is 0.264. The van der Waals surface area contributed by atoms with Gasteiger partial charge in [0.2, 0.25) is 11.8 Å². The summed E-state index contributed by atoms with van der Waals surface area (Å²) in [6.45, 7) is 15.6. The minimum atomic E-state index is -1.04. The van der Waals surface area contributed by atoms with E-state index in [0.29, 0.717) is 30.5 Å². The molecule has 3 unspecified atom stereocenters. The second-order valence-electron chi connectivity index (χ2n) is 10.5. The van der Waals surface area contributed by atoms with Gasteiger partial charge < -0.3 is 25.4 Å². The number of alkyl carbamates (subject to hydrolysis) is 1. The van der Waals surface area contributed by atoms with Crippen LogP contribution in [0.25, 0.3) is 0 Å². The number of unbranched alkanes of at least 4 members (excludes halogenated alkanes) is 2. The van der Waals surface area contributed by atoms with Gasteiger partial charge in [-0.15, -0.1) is 0 Å². The van der Waals surface area contributed by atoms with Gasteiger partial charge in [-0.05, 0) is 52.0 Å². The molecule has 8 nitrogen and oxygen atoms in total. The number of hydrogen-bond donors (Lipinski definition) is 3. The van der Waals surface area contributed by atoms with Crippen LogP contribution in [0.1, 0.15) is 97.7 Å². The summed E-state index contributed by atoms with van der Waals surface area (Å²) < 4.78 is 5.42. The van der Waals surface area contributed by atoms with Crippen molar-refractivity contribution in [3.8, 4) is 5.75 Å². The number of carbonyl (C=O) groups excluding carboxylic acids is 3. The third-order valence-corrected chi connectivity index (χ3v) is 6.10. The Balaban J connectivity index is 3.46. The maximum atomic E-state index is 14.0. The first-order valence-corrected chi connectivity index (χ1v) is 13.2. The average Bonchev–Trinajstić information content (AvgIpc) is 2.80.